The van der Waals surface area contributed by atoms with Crippen molar-refractivity contribution in [2.24, 2.45) is 0 Å². The van der Waals surface area contributed by atoms with E-state index in [0.29, 0.717) is 5.56 Å². The first-order valence-corrected chi connectivity index (χ1v) is 4.56. The zero-order chi connectivity index (χ0) is 11.0. The molecule has 0 aliphatic rings. The maximum Gasteiger partial charge on any atom is 0.270 e. The van der Waals surface area contributed by atoms with Crippen molar-refractivity contribution in [3.8, 4) is 0 Å². The molecule has 0 fully saturated rings. The van der Waals surface area contributed by atoms with Crippen LogP contribution in [0.25, 0.3) is 0 Å². The highest BCUT2D eigenvalue weighted by Crippen LogP contribution is 2.35. The Labute approximate surface area is 83.2 Å². The van der Waals surface area contributed by atoms with Gasteiger partial charge in [-0.2, -0.15) is 0 Å². The molecular weight excluding hydrogens is 184 g/mol. The summed E-state index contributed by atoms with van der Waals surface area (Å²) in [7, 11) is 0. The molecule has 1 nitrogen and oxygen atoms in total. The second-order valence-corrected chi connectivity index (χ2v) is 4.56. The van der Waals surface area contributed by atoms with Crippen LogP contribution in [0.3, 0.4) is 0 Å². The second-order valence-electron chi connectivity index (χ2n) is 4.56. The summed E-state index contributed by atoms with van der Waals surface area (Å²) in [6, 6.07) is 1.39. The Kier molecular flexibility index (Phi) is 2.61. The molecule has 1 aromatic heterocycles. The molecular formula is C11H15F2N. The van der Waals surface area contributed by atoms with Gasteiger partial charge < -0.3 is 0 Å². The fourth-order valence-corrected chi connectivity index (χ4v) is 1.37. The molecule has 1 aromatic rings. The van der Waals surface area contributed by atoms with E-state index in [1.807, 2.05) is 20.8 Å². The predicted molar refractivity (Wildman–Crippen MR) is 52.5 cm³/mol. The summed E-state index contributed by atoms with van der Waals surface area (Å²) in [6.45, 7) is 6.62. The third-order valence-corrected chi connectivity index (χ3v) is 2.10. The van der Waals surface area contributed by atoms with Gasteiger partial charge in [-0.25, -0.2) is 8.78 Å². The summed E-state index contributed by atoms with van der Waals surface area (Å²) in [5.41, 5.74) is 0.371. The molecule has 0 saturated carbocycles. The van der Waals surface area contributed by atoms with Crippen LogP contribution in [-0.2, 0) is 11.3 Å². The summed E-state index contributed by atoms with van der Waals surface area (Å²) in [4.78, 5) is 3.89. The van der Waals surface area contributed by atoms with Gasteiger partial charge in [0, 0.05) is 24.9 Å². The van der Waals surface area contributed by atoms with Crippen LogP contribution in [0, 0.1) is 0 Å². The van der Waals surface area contributed by atoms with E-state index in [1.54, 1.807) is 0 Å². The molecule has 0 aromatic carbocycles. The van der Waals surface area contributed by atoms with Gasteiger partial charge in [0.25, 0.3) is 5.92 Å². The zero-order valence-electron chi connectivity index (χ0n) is 8.94. The Morgan fingerprint density at radius 1 is 1.07 bits per heavy atom. The van der Waals surface area contributed by atoms with E-state index in [2.05, 4.69) is 4.98 Å². The molecule has 0 atom stereocenters. The third kappa shape index (κ3) is 2.28. The number of halogens is 2. The van der Waals surface area contributed by atoms with E-state index in [0.717, 1.165) is 6.92 Å². The Morgan fingerprint density at radius 3 is 2.00 bits per heavy atom. The van der Waals surface area contributed by atoms with Crippen molar-refractivity contribution >= 4 is 0 Å². The summed E-state index contributed by atoms with van der Waals surface area (Å²) >= 11 is 0. The highest BCUT2D eigenvalue weighted by molar-refractivity contribution is 5.32. The lowest BCUT2D eigenvalue weighted by molar-refractivity contribution is 0.0155. The molecule has 0 radical (unpaired) electrons. The second kappa shape index (κ2) is 3.30. The Morgan fingerprint density at radius 2 is 1.64 bits per heavy atom. The first-order valence-electron chi connectivity index (χ1n) is 4.56. The topological polar surface area (TPSA) is 12.9 Å². The molecule has 78 valence electrons. The Balaban J connectivity index is 3.31. The maximum atomic E-state index is 13.2. The largest absolute Gasteiger partial charge is 0.270 e. The highest BCUT2D eigenvalue weighted by Gasteiger charge is 2.31. The average Bonchev–Trinajstić information content (AvgIpc) is 2.01. The van der Waals surface area contributed by atoms with E-state index in [4.69, 9.17) is 0 Å². The fourth-order valence-electron chi connectivity index (χ4n) is 1.37. The minimum absolute atomic E-state index is 0.0694. The van der Waals surface area contributed by atoms with E-state index >= 15 is 0 Å². The van der Waals surface area contributed by atoms with E-state index in [-0.39, 0.29) is 11.0 Å². The predicted octanol–water partition coefficient (Wildman–Crippen LogP) is 3.49. The first kappa shape index (κ1) is 11.1. The molecule has 0 aliphatic carbocycles. The number of hydrogen-bond acceptors (Lipinski definition) is 1. The van der Waals surface area contributed by atoms with E-state index in [1.165, 1.54) is 18.5 Å². The van der Waals surface area contributed by atoms with Crippen LogP contribution in [0.1, 0.15) is 38.8 Å². The lowest BCUT2D eigenvalue weighted by atomic mass is 9.83. The standard InChI is InChI=1S/C11H15F2N/c1-10(2,3)9-7-14-6-5-8(9)11(4,12)13/h5-7H,1-4H3. The van der Waals surface area contributed by atoms with Crippen molar-refractivity contribution in [3.63, 3.8) is 0 Å². The molecule has 3 heteroatoms. The lowest BCUT2D eigenvalue weighted by Crippen LogP contribution is -2.20. The number of aromatic nitrogens is 1. The number of alkyl halides is 2. The minimum atomic E-state index is -2.80. The van der Waals surface area contributed by atoms with Crippen molar-refractivity contribution in [1.82, 2.24) is 4.98 Å². The van der Waals surface area contributed by atoms with Crippen molar-refractivity contribution in [2.45, 2.75) is 39.0 Å². The van der Waals surface area contributed by atoms with Gasteiger partial charge in [0.15, 0.2) is 0 Å². The fraction of sp³-hybridized carbons (Fsp3) is 0.545. The monoisotopic (exact) mass is 199 g/mol. The molecule has 0 amide bonds. The normalized spacial score (nSPS) is 13.0. The summed E-state index contributed by atoms with van der Waals surface area (Å²) < 4.78 is 26.4. The van der Waals surface area contributed by atoms with Crippen LogP contribution in [0.4, 0.5) is 8.78 Å². The van der Waals surface area contributed by atoms with Gasteiger partial charge in [-0.15, -0.1) is 0 Å². The molecule has 0 aliphatic heterocycles. The molecule has 0 saturated heterocycles. The van der Waals surface area contributed by atoms with Gasteiger partial charge in [-0.05, 0) is 17.0 Å². The Hall–Kier alpha value is -0.990. The molecule has 14 heavy (non-hydrogen) atoms. The van der Waals surface area contributed by atoms with Crippen LogP contribution in [0.2, 0.25) is 0 Å². The number of rotatable bonds is 1. The summed E-state index contributed by atoms with van der Waals surface area (Å²) in [5, 5.41) is 0. The van der Waals surface area contributed by atoms with Crippen LogP contribution in [0.5, 0.6) is 0 Å². The smallest absolute Gasteiger partial charge is 0.264 e. The van der Waals surface area contributed by atoms with Crippen LogP contribution >= 0.6 is 0 Å². The Bertz CT molecular complexity index is 288. The number of hydrogen-bond donors (Lipinski definition) is 0. The molecule has 0 bridgehead atoms. The molecule has 0 N–H and O–H groups in total. The molecule has 0 unspecified atom stereocenters. The molecule has 0 spiro atoms. The first-order chi connectivity index (χ1) is 6.23. The van der Waals surface area contributed by atoms with Gasteiger partial charge in [0.05, 0.1) is 0 Å². The van der Waals surface area contributed by atoms with Crippen molar-refractivity contribution in [1.29, 1.82) is 0 Å². The van der Waals surface area contributed by atoms with Crippen molar-refractivity contribution < 1.29 is 8.78 Å². The van der Waals surface area contributed by atoms with E-state index < -0.39 is 5.92 Å². The molecule has 1 heterocycles. The summed E-state index contributed by atoms with van der Waals surface area (Å²) in [5.74, 6) is -2.80. The van der Waals surface area contributed by atoms with Crippen LogP contribution in [-0.4, -0.2) is 4.98 Å². The average molecular weight is 199 g/mol. The van der Waals surface area contributed by atoms with E-state index in [9.17, 15) is 8.78 Å². The van der Waals surface area contributed by atoms with Gasteiger partial charge >= 0.3 is 0 Å². The number of nitrogens with zero attached hydrogens (tertiary/aromatic N) is 1. The van der Waals surface area contributed by atoms with Crippen molar-refractivity contribution in [3.05, 3.63) is 29.6 Å². The van der Waals surface area contributed by atoms with Crippen LogP contribution in [0.15, 0.2) is 18.5 Å². The van der Waals surface area contributed by atoms with Gasteiger partial charge in [-0.1, -0.05) is 20.8 Å². The lowest BCUT2D eigenvalue weighted by Gasteiger charge is -2.24. The van der Waals surface area contributed by atoms with Gasteiger partial charge in [-0.3, -0.25) is 4.98 Å². The minimum Gasteiger partial charge on any atom is -0.264 e. The summed E-state index contributed by atoms with van der Waals surface area (Å²) in [6.07, 6.45) is 2.93. The zero-order valence-corrected chi connectivity index (χ0v) is 8.94. The van der Waals surface area contributed by atoms with Gasteiger partial charge in [0.2, 0.25) is 0 Å². The third-order valence-electron chi connectivity index (χ3n) is 2.10. The highest BCUT2D eigenvalue weighted by atomic mass is 19.3. The van der Waals surface area contributed by atoms with Crippen LogP contribution < -0.4 is 0 Å². The van der Waals surface area contributed by atoms with Crippen molar-refractivity contribution in [2.75, 3.05) is 0 Å². The molecule has 1 rings (SSSR count). The van der Waals surface area contributed by atoms with Gasteiger partial charge in [0.1, 0.15) is 0 Å². The number of pyridine rings is 1. The maximum absolute atomic E-state index is 13.2. The quantitative estimate of drug-likeness (QED) is 0.674. The SMILES string of the molecule is CC(C)(C)c1cnccc1C(C)(F)F.